The molecule has 34 heavy (non-hydrogen) atoms. The van der Waals surface area contributed by atoms with Crippen molar-refractivity contribution in [3.8, 4) is 0 Å². The molecule has 4 rings (SSSR count). The van der Waals surface area contributed by atoms with Gasteiger partial charge in [0.1, 0.15) is 11.4 Å². The third-order valence-electron chi connectivity index (χ3n) is 6.65. The van der Waals surface area contributed by atoms with Gasteiger partial charge in [0.2, 0.25) is 0 Å². The Morgan fingerprint density at radius 2 is 1.85 bits per heavy atom. The summed E-state index contributed by atoms with van der Waals surface area (Å²) < 4.78 is 13.7. The molecule has 1 fully saturated rings. The molecule has 1 unspecified atom stereocenters. The number of halogens is 1. The number of hydrogen-bond donors (Lipinski definition) is 1. The number of carbonyl (C=O) groups is 3. The third-order valence-corrected chi connectivity index (χ3v) is 6.65. The van der Waals surface area contributed by atoms with Crippen LogP contribution in [-0.2, 0) is 9.59 Å². The lowest BCUT2D eigenvalue weighted by atomic mass is 9.78. The average molecular weight is 464 g/mol. The zero-order chi connectivity index (χ0) is 24.9. The van der Waals surface area contributed by atoms with Gasteiger partial charge in [0.05, 0.1) is 5.69 Å². The van der Waals surface area contributed by atoms with E-state index >= 15 is 0 Å². The van der Waals surface area contributed by atoms with Crippen molar-refractivity contribution < 1.29 is 18.8 Å². The van der Waals surface area contributed by atoms with Gasteiger partial charge in [-0.05, 0) is 100 Å². The fourth-order valence-electron chi connectivity index (χ4n) is 5.41. The molecule has 2 aromatic carbocycles. The number of rotatable bonds is 3. The second-order valence-electron chi connectivity index (χ2n) is 10.1. The van der Waals surface area contributed by atoms with Crippen molar-refractivity contribution in [1.29, 1.82) is 0 Å². The van der Waals surface area contributed by atoms with E-state index in [1.54, 1.807) is 0 Å². The van der Waals surface area contributed by atoms with E-state index < -0.39 is 23.7 Å². The van der Waals surface area contributed by atoms with Crippen LogP contribution in [0.3, 0.4) is 0 Å². The molecule has 2 heterocycles. The first kappa shape index (κ1) is 23.7. The Morgan fingerprint density at radius 3 is 2.50 bits per heavy atom. The minimum Gasteiger partial charge on any atom is -0.364 e. The number of imide groups is 2. The van der Waals surface area contributed by atoms with Crippen LogP contribution < -0.4 is 15.1 Å². The molecule has 1 N–H and O–H groups in total. The molecule has 0 aromatic heterocycles. The van der Waals surface area contributed by atoms with Gasteiger partial charge < -0.3 is 4.90 Å². The SMILES string of the molecule is Cc1cc2c(cc1/C=C1\C(=O)NC(=O)N(c3cccc(F)c3)C1=O)C(C)CC(C)(C)N2C(C)C. The number of amides is 4. The molecule has 0 aliphatic carbocycles. The summed E-state index contributed by atoms with van der Waals surface area (Å²) in [4.78, 5) is 41.4. The van der Waals surface area contributed by atoms with E-state index in [1.807, 2.05) is 13.0 Å². The van der Waals surface area contributed by atoms with E-state index in [2.05, 4.69) is 50.9 Å². The molecule has 4 amide bonds. The Morgan fingerprint density at radius 1 is 1.15 bits per heavy atom. The summed E-state index contributed by atoms with van der Waals surface area (Å²) >= 11 is 0. The Bertz CT molecular complexity index is 1230. The lowest BCUT2D eigenvalue weighted by Crippen LogP contribution is -2.54. The highest BCUT2D eigenvalue weighted by atomic mass is 19.1. The maximum Gasteiger partial charge on any atom is 0.335 e. The topological polar surface area (TPSA) is 69.7 Å². The summed E-state index contributed by atoms with van der Waals surface area (Å²) in [7, 11) is 0. The summed E-state index contributed by atoms with van der Waals surface area (Å²) in [6, 6.07) is 8.71. The van der Waals surface area contributed by atoms with Gasteiger partial charge in [-0.1, -0.05) is 13.0 Å². The van der Waals surface area contributed by atoms with E-state index in [1.165, 1.54) is 24.3 Å². The van der Waals surface area contributed by atoms with Crippen LogP contribution in [0.25, 0.3) is 6.08 Å². The molecule has 2 aliphatic heterocycles. The maximum absolute atomic E-state index is 13.7. The maximum atomic E-state index is 13.7. The zero-order valence-corrected chi connectivity index (χ0v) is 20.4. The predicted molar refractivity (Wildman–Crippen MR) is 131 cm³/mol. The van der Waals surface area contributed by atoms with E-state index in [4.69, 9.17) is 0 Å². The van der Waals surface area contributed by atoms with Crippen LogP contribution in [-0.4, -0.2) is 29.4 Å². The first-order valence-corrected chi connectivity index (χ1v) is 11.5. The highest BCUT2D eigenvalue weighted by Crippen LogP contribution is 2.45. The van der Waals surface area contributed by atoms with Crippen LogP contribution in [0.15, 0.2) is 42.0 Å². The second kappa shape index (κ2) is 8.38. The Hall–Kier alpha value is -3.48. The van der Waals surface area contributed by atoms with Crippen molar-refractivity contribution in [2.24, 2.45) is 0 Å². The normalized spacial score (nSPS) is 21.2. The number of fused-ring (bicyclic) bond motifs is 1. The number of barbiturate groups is 1. The summed E-state index contributed by atoms with van der Waals surface area (Å²) in [5.41, 5.74) is 3.86. The first-order valence-electron chi connectivity index (χ1n) is 11.5. The van der Waals surface area contributed by atoms with E-state index in [9.17, 15) is 18.8 Å². The number of benzene rings is 2. The summed E-state index contributed by atoms with van der Waals surface area (Å²) in [6.07, 6.45) is 2.50. The monoisotopic (exact) mass is 463 g/mol. The molecular formula is C27H30FN3O3. The van der Waals surface area contributed by atoms with Gasteiger partial charge in [-0.2, -0.15) is 0 Å². The number of nitrogens with one attached hydrogen (secondary N) is 1. The molecule has 6 nitrogen and oxygen atoms in total. The van der Waals surface area contributed by atoms with Crippen molar-refractivity contribution >= 4 is 35.3 Å². The van der Waals surface area contributed by atoms with Gasteiger partial charge in [0.15, 0.2) is 0 Å². The third kappa shape index (κ3) is 4.00. The van der Waals surface area contributed by atoms with Gasteiger partial charge in [0, 0.05) is 17.3 Å². The molecule has 1 saturated heterocycles. The van der Waals surface area contributed by atoms with Crippen LogP contribution >= 0.6 is 0 Å². The molecule has 0 bridgehead atoms. The van der Waals surface area contributed by atoms with Gasteiger partial charge in [-0.3, -0.25) is 14.9 Å². The van der Waals surface area contributed by atoms with E-state index in [0.29, 0.717) is 12.0 Å². The minimum absolute atomic E-state index is 0.00194. The van der Waals surface area contributed by atoms with Gasteiger partial charge in [-0.15, -0.1) is 0 Å². The molecule has 7 heteroatoms. The number of hydrogen-bond acceptors (Lipinski definition) is 4. The van der Waals surface area contributed by atoms with Crippen molar-refractivity contribution in [2.75, 3.05) is 9.80 Å². The Labute approximate surface area is 199 Å². The molecule has 178 valence electrons. The highest BCUT2D eigenvalue weighted by Gasteiger charge is 2.39. The first-order chi connectivity index (χ1) is 15.9. The Kier molecular flexibility index (Phi) is 5.84. The number of anilines is 2. The second-order valence-corrected chi connectivity index (χ2v) is 10.1. The smallest absolute Gasteiger partial charge is 0.335 e. The number of urea groups is 1. The standard InChI is InChI=1S/C27H30FN3O3/c1-15(2)31-23-10-16(3)18(11-21(23)17(4)14-27(31,5)6)12-22-24(32)29-26(34)30(25(22)33)20-9-7-8-19(28)13-20/h7-13,15,17H,14H2,1-6H3,(H,29,32,34)/b22-12+. The fourth-order valence-corrected chi connectivity index (χ4v) is 5.41. The van der Waals surface area contributed by atoms with Crippen LogP contribution in [0.4, 0.5) is 20.6 Å². The summed E-state index contributed by atoms with van der Waals surface area (Å²) in [5.74, 6) is -1.84. The van der Waals surface area contributed by atoms with Crippen molar-refractivity contribution in [3.05, 3.63) is 64.5 Å². The quantitative estimate of drug-likeness (QED) is 0.495. The molecule has 2 aromatic rings. The number of nitrogens with zero attached hydrogens (tertiary/aromatic N) is 2. The number of aryl methyl sites for hydroxylation is 1. The van der Waals surface area contributed by atoms with Crippen LogP contribution in [0, 0.1) is 12.7 Å². The molecule has 2 aliphatic rings. The Balaban J connectivity index is 1.79. The summed E-state index contributed by atoms with van der Waals surface area (Å²) in [6.45, 7) is 13.0. The van der Waals surface area contributed by atoms with Crippen LogP contribution in [0.2, 0.25) is 0 Å². The predicted octanol–water partition coefficient (Wildman–Crippen LogP) is 5.30. The fraction of sp³-hybridized carbons (Fsp3) is 0.370. The van der Waals surface area contributed by atoms with Gasteiger partial charge in [0.25, 0.3) is 11.8 Å². The summed E-state index contributed by atoms with van der Waals surface area (Å²) in [5, 5.41) is 2.20. The molecule has 0 spiro atoms. The average Bonchev–Trinajstić information content (AvgIpc) is 2.70. The van der Waals surface area contributed by atoms with E-state index in [-0.39, 0.29) is 16.8 Å². The van der Waals surface area contributed by atoms with E-state index in [0.717, 1.165) is 39.8 Å². The lowest BCUT2D eigenvalue weighted by molar-refractivity contribution is -0.122. The van der Waals surface area contributed by atoms with Crippen molar-refractivity contribution in [1.82, 2.24) is 5.32 Å². The minimum atomic E-state index is -0.900. The van der Waals surface area contributed by atoms with Crippen molar-refractivity contribution in [2.45, 2.75) is 65.5 Å². The van der Waals surface area contributed by atoms with Crippen LogP contribution in [0.1, 0.15) is 63.6 Å². The zero-order valence-electron chi connectivity index (χ0n) is 20.4. The molecule has 0 radical (unpaired) electrons. The molecule has 0 saturated carbocycles. The number of carbonyl (C=O) groups excluding carboxylic acids is 3. The van der Waals surface area contributed by atoms with Crippen LogP contribution in [0.5, 0.6) is 0 Å². The molecule has 1 atom stereocenters. The highest BCUT2D eigenvalue weighted by molar-refractivity contribution is 6.39. The lowest BCUT2D eigenvalue weighted by Gasteiger charge is -2.50. The van der Waals surface area contributed by atoms with Gasteiger partial charge in [-0.25, -0.2) is 14.1 Å². The van der Waals surface area contributed by atoms with Gasteiger partial charge >= 0.3 is 6.03 Å². The largest absolute Gasteiger partial charge is 0.364 e. The molecular weight excluding hydrogens is 433 g/mol. The van der Waals surface area contributed by atoms with Crippen molar-refractivity contribution in [3.63, 3.8) is 0 Å².